The molecule has 1 aromatic heterocycles. The summed E-state index contributed by atoms with van der Waals surface area (Å²) in [6.45, 7) is 9.99. The van der Waals surface area contributed by atoms with Crippen LogP contribution >= 0.6 is 0 Å². The Balaban J connectivity index is 2.76. The number of rotatable bonds is 8. The number of aryl methyl sites for hydroxylation is 1. The van der Waals surface area contributed by atoms with E-state index in [1.54, 1.807) is 0 Å². The van der Waals surface area contributed by atoms with Gasteiger partial charge in [0.1, 0.15) is 0 Å². The maximum atomic E-state index is 4.55. The van der Waals surface area contributed by atoms with E-state index in [-0.39, 0.29) is 0 Å². The number of nitrogens with one attached hydrogen (secondary N) is 1. The van der Waals surface area contributed by atoms with Crippen molar-refractivity contribution in [3.63, 3.8) is 0 Å². The number of hydrogen-bond donors (Lipinski definition) is 1. The number of hydrogen-bond acceptors (Lipinski definition) is 2. The standard InChI is InChI=1S/C16H28N2/c1-5-9-17-16(12-14(6-2)7-3)15-11-13(4)8-10-18-15/h8,10-11,14,16-17H,5-7,9,12H2,1-4H3. The third kappa shape index (κ3) is 4.77. The highest BCUT2D eigenvalue weighted by atomic mass is 14.9. The Labute approximate surface area is 112 Å². The molecule has 1 rings (SSSR count). The van der Waals surface area contributed by atoms with Gasteiger partial charge >= 0.3 is 0 Å². The first-order valence-electron chi connectivity index (χ1n) is 7.37. The molecule has 0 aliphatic heterocycles. The summed E-state index contributed by atoms with van der Waals surface area (Å²) in [5, 5.41) is 3.65. The summed E-state index contributed by atoms with van der Waals surface area (Å²) in [5.41, 5.74) is 2.50. The lowest BCUT2D eigenvalue weighted by Crippen LogP contribution is -2.25. The van der Waals surface area contributed by atoms with Crippen LogP contribution in [0.2, 0.25) is 0 Å². The molecule has 1 unspecified atom stereocenters. The molecule has 0 bridgehead atoms. The molecule has 0 aliphatic carbocycles. The van der Waals surface area contributed by atoms with Gasteiger partial charge in [0, 0.05) is 12.2 Å². The zero-order chi connectivity index (χ0) is 13.4. The predicted molar refractivity (Wildman–Crippen MR) is 78.7 cm³/mol. The molecular formula is C16H28N2. The van der Waals surface area contributed by atoms with E-state index in [0.29, 0.717) is 6.04 Å². The normalized spacial score (nSPS) is 12.9. The first-order valence-corrected chi connectivity index (χ1v) is 7.37. The molecule has 0 aromatic carbocycles. The highest BCUT2D eigenvalue weighted by molar-refractivity contribution is 5.17. The van der Waals surface area contributed by atoms with Crippen molar-refractivity contribution in [3.8, 4) is 0 Å². The fourth-order valence-electron chi connectivity index (χ4n) is 2.33. The van der Waals surface area contributed by atoms with Crippen molar-refractivity contribution < 1.29 is 0 Å². The van der Waals surface area contributed by atoms with Crippen molar-refractivity contribution in [1.29, 1.82) is 0 Å². The second-order valence-corrected chi connectivity index (χ2v) is 5.18. The highest BCUT2D eigenvalue weighted by Gasteiger charge is 2.16. The largest absolute Gasteiger partial charge is 0.309 e. The minimum atomic E-state index is 0.412. The molecule has 0 fully saturated rings. The van der Waals surface area contributed by atoms with Crippen LogP contribution in [-0.2, 0) is 0 Å². The van der Waals surface area contributed by atoms with Gasteiger partial charge in [-0.05, 0) is 49.9 Å². The van der Waals surface area contributed by atoms with Crippen molar-refractivity contribution in [2.24, 2.45) is 5.92 Å². The van der Waals surface area contributed by atoms with Gasteiger partial charge in [-0.25, -0.2) is 0 Å². The predicted octanol–water partition coefficient (Wildman–Crippen LogP) is 4.26. The Bertz CT molecular complexity index is 332. The zero-order valence-corrected chi connectivity index (χ0v) is 12.4. The lowest BCUT2D eigenvalue weighted by atomic mass is 9.92. The molecule has 1 heterocycles. The molecule has 1 atom stereocenters. The minimum absolute atomic E-state index is 0.412. The zero-order valence-electron chi connectivity index (χ0n) is 12.4. The molecule has 0 saturated heterocycles. The molecule has 18 heavy (non-hydrogen) atoms. The quantitative estimate of drug-likeness (QED) is 0.743. The summed E-state index contributed by atoms with van der Waals surface area (Å²) in [5.74, 6) is 0.793. The van der Waals surface area contributed by atoms with E-state index >= 15 is 0 Å². The van der Waals surface area contributed by atoms with E-state index in [0.717, 1.165) is 12.5 Å². The Morgan fingerprint density at radius 3 is 2.50 bits per heavy atom. The van der Waals surface area contributed by atoms with Crippen LogP contribution in [-0.4, -0.2) is 11.5 Å². The van der Waals surface area contributed by atoms with Gasteiger partial charge in [0.05, 0.1) is 5.69 Å². The molecule has 102 valence electrons. The SMILES string of the molecule is CCCNC(CC(CC)CC)c1cc(C)ccn1. The van der Waals surface area contributed by atoms with Gasteiger partial charge in [0.15, 0.2) is 0 Å². The van der Waals surface area contributed by atoms with E-state index < -0.39 is 0 Å². The third-order valence-electron chi connectivity index (χ3n) is 3.66. The Morgan fingerprint density at radius 1 is 1.22 bits per heavy atom. The van der Waals surface area contributed by atoms with Gasteiger partial charge in [0.2, 0.25) is 0 Å². The fraction of sp³-hybridized carbons (Fsp3) is 0.688. The fourth-order valence-corrected chi connectivity index (χ4v) is 2.33. The van der Waals surface area contributed by atoms with Crippen LogP contribution in [0.5, 0.6) is 0 Å². The summed E-state index contributed by atoms with van der Waals surface area (Å²) in [6.07, 6.45) is 6.81. The molecule has 0 radical (unpaired) electrons. The monoisotopic (exact) mass is 248 g/mol. The Hall–Kier alpha value is -0.890. The lowest BCUT2D eigenvalue weighted by molar-refractivity contribution is 0.366. The second-order valence-electron chi connectivity index (χ2n) is 5.18. The lowest BCUT2D eigenvalue weighted by Gasteiger charge is -2.23. The van der Waals surface area contributed by atoms with Gasteiger partial charge < -0.3 is 5.32 Å². The average Bonchev–Trinajstić information content (AvgIpc) is 2.39. The van der Waals surface area contributed by atoms with Crippen LogP contribution in [0.1, 0.15) is 63.8 Å². The van der Waals surface area contributed by atoms with E-state index in [1.807, 2.05) is 6.20 Å². The van der Waals surface area contributed by atoms with Crippen LogP contribution in [0.3, 0.4) is 0 Å². The highest BCUT2D eigenvalue weighted by Crippen LogP contribution is 2.24. The molecule has 0 spiro atoms. The van der Waals surface area contributed by atoms with Crippen molar-refractivity contribution in [2.45, 2.75) is 59.4 Å². The summed E-state index contributed by atoms with van der Waals surface area (Å²) >= 11 is 0. The Kier molecular flexibility index (Phi) is 6.96. The molecule has 2 heteroatoms. The first kappa shape index (κ1) is 15.2. The molecule has 1 aromatic rings. The average molecular weight is 248 g/mol. The smallest absolute Gasteiger partial charge is 0.0575 e. The van der Waals surface area contributed by atoms with Crippen LogP contribution in [0.15, 0.2) is 18.3 Å². The molecule has 0 amide bonds. The first-order chi connectivity index (χ1) is 8.71. The van der Waals surface area contributed by atoms with Gasteiger partial charge in [-0.2, -0.15) is 0 Å². The van der Waals surface area contributed by atoms with E-state index in [1.165, 1.54) is 36.9 Å². The van der Waals surface area contributed by atoms with Crippen molar-refractivity contribution in [2.75, 3.05) is 6.54 Å². The van der Waals surface area contributed by atoms with Crippen LogP contribution < -0.4 is 5.32 Å². The van der Waals surface area contributed by atoms with Gasteiger partial charge in [-0.3, -0.25) is 4.98 Å². The second kappa shape index (κ2) is 8.25. The Morgan fingerprint density at radius 2 is 1.94 bits per heavy atom. The molecule has 1 N–H and O–H groups in total. The maximum Gasteiger partial charge on any atom is 0.0575 e. The third-order valence-corrected chi connectivity index (χ3v) is 3.66. The molecule has 0 saturated carbocycles. The van der Waals surface area contributed by atoms with E-state index in [9.17, 15) is 0 Å². The summed E-state index contributed by atoms with van der Waals surface area (Å²) in [4.78, 5) is 4.55. The minimum Gasteiger partial charge on any atom is -0.309 e. The maximum absolute atomic E-state index is 4.55. The van der Waals surface area contributed by atoms with E-state index in [2.05, 4.69) is 50.1 Å². The molecule has 0 aliphatic rings. The molecule has 2 nitrogen and oxygen atoms in total. The van der Waals surface area contributed by atoms with Crippen molar-refractivity contribution in [1.82, 2.24) is 10.3 Å². The van der Waals surface area contributed by atoms with Gasteiger partial charge in [0.25, 0.3) is 0 Å². The number of nitrogens with zero attached hydrogens (tertiary/aromatic N) is 1. The summed E-state index contributed by atoms with van der Waals surface area (Å²) in [7, 11) is 0. The van der Waals surface area contributed by atoms with Crippen molar-refractivity contribution >= 4 is 0 Å². The molecular weight excluding hydrogens is 220 g/mol. The topological polar surface area (TPSA) is 24.9 Å². The van der Waals surface area contributed by atoms with Gasteiger partial charge in [-0.1, -0.05) is 33.6 Å². The van der Waals surface area contributed by atoms with Gasteiger partial charge in [-0.15, -0.1) is 0 Å². The summed E-state index contributed by atoms with van der Waals surface area (Å²) in [6, 6.07) is 4.70. The summed E-state index contributed by atoms with van der Waals surface area (Å²) < 4.78 is 0. The van der Waals surface area contributed by atoms with Crippen LogP contribution in [0, 0.1) is 12.8 Å². The number of pyridine rings is 1. The number of aromatic nitrogens is 1. The van der Waals surface area contributed by atoms with Crippen molar-refractivity contribution in [3.05, 3.63) is 29.6 Å². The van der Waals surface area contributed by atoms with Crippen LogP contribution in [0.4, 0.5) is 0 Å². The van der Waals surface area contributed by atoms with Crippen LogP contribution in [0.25, 0.3) is 0 Å². The van der Waals surface area contributed by atoms with E-state index in [4.69, 9.17) is 0 Å².